The van der Waals surface area contributed by atoms with Gasteiger partial charge < -0.3 is 4.74 Å². The summed E-state index contributed by atoms with van der Waals surface area (Å²) in [4.78, 5) is 11.3. The van der Waals surface area contributed by atoms with Gasteiger partial charge in [0.05, 0.1) is 18.4 Å². The fourth-order valence-electron chi connectivity index (χ4n) is 3.51. The van der Waals surface area contributed by atoms with Crippen molar-refractivity contribution in [3.8, 4) is 0 Å². The van der Waals surface area contributed by atoms with Crippen LogP contribution in [0.1, 0.15) is 49.7 Å². The van der Waals surface area contributed by atoms with E-state index in [-0.39, 0.29) is 0 Å². The quantitative estimate of drug-likeness (QED) is 0.854. The van der Waals surface area contributed by atoms with Crippen molar-refractivity contribution in [3.63, 3.8) is 0 Å². The van der Waals surface area contributed by atoms with Crippen molar-refractivity contribution >= 4 is 0 Å². The molecular weight excluding hydrogens is 262 g/mol. The first-order valence-electron chi connectivity index (χ1n) is 8.38. The van der Waals surface area contributed by atoms with E-state index in [4.69, 9.17) is 4.74 Å². The molecule has 4 nitrogen and oxygen atoms in total. The Bertz CT molecular complexity index is 477. The molecule has 3 rings (SSSR count). The summed E-state index contributed by atoms with van der Waals surface area (Å²) < 4.78 is 6.14. The molecule has 0 radical (unpaired) electrons. The number of hydrogen-bond acceptors (Lipinski definition) is 4. The molecule has 1 fully saturated rings. The van der Waals surface area contributed by atoms with Crippen LogP contribution in [-0.2, 0) is 17.7 Å². The molecule has 2 unspecified atom stereocenters. The molecule has 1 aromatic rings. The molecule has 2 atom stereocenters. The maximum absolute atomic E-state index is 6.14. The fraction of sp³-hybridized carbons (Fsp3) is 0.765. The second kappa shape index (κ2) is 6.84. The molecule has 2 aliphatic rings. The molecule has 116 valence electrons. The molecule has 1 aromatic heterocycles. The van der Waals surface area contributed by atoms with E-state index < -0.39 is 0 Å². The minimum absolute atomic E-state index is 0.486. The van der Waals surface area contributed by atoms with Gasteiger partial charge in [0.1, 0.15) is 5.82 Å². The third-order valence-electron chi connectivity index (χ3n) is 4.92. The van der Waals surface area contributed by atoms with Crippen LogP contribution in [0.2, 0.25) is 0 Å². The Kier molecular flexibility index (Phi) is 4.86. The van der Waals surface area contributed by atoms with Crippen LogP contribution in [0, 0.1) is 12.8 Å². The van der Waals surface area contributed by atoms with E-state index in [9.17, 15) is 0 Å². The smallest absolute Gasteiger partial charge is 0.125 e. The van der Waals surface area contributed by atoms with Crippen LogP contribution in [0.4, 0.5) is 0 Å². The van der Waals surface area contributed by atoms with Gasteiger partial charge in [-0.1, -0.05) is 19.8 Å². The zero-order valence-electron chi connectivity index (χ0n) is 13.3. The van der Waals surface area contributed by atoms with Crippen LogP contribution >= 0.6 is 0 Å². The van der Waals surface area contributed by atoms with Crippen LogP contribution in [0.15, 0.2) is 6.20 Å². The van der Waals surface area contributed by atoms with Gasteiger partial charge in [-0.05, 0) is 37.7 Å². The van der Waals surface area contributed by atoms with E-state index in [2.05, 4.69) is 21.8 Å². The molecule has 4 heteroatoms. The van der Waals surface area contributed by atoms with E-state index in [0.717, 1.165) is 44.4 Å². The fourth-order valence-corrected chi connectivity index (χ4v) is 3.51. The first kappa shape index (κ1) is 14.9. The largest absolute Gasteiger partial charge is 0.377 e. The Morgan fingerprint density at radius 1 is 1.33 bits per heavy atom. The van der Waals surface area contributed by atoms with Gasteiger partial charge >= 0.3 is 0 Å². The summed E-state index contributed by atoms with van der Waals surface area (Å²) in [5, 5.41) is 0. The van der Waals surface area contributed by atoms with Gasteiger partial charge in [0.2, 0.25) is 0 Å². The molecule has 0 amide bonds. The predicted molar refractivity (Wildman–Crippen MR) is 83.1 cm³/mol. The average Bonchev–Trinajstić information content (AvgIpc) is 2.49. The highest BCUT2D eigenvalue weighted by molar-refractivity contribution is 5.20. The zero-order valence-corrected chi connectivity index (χ0v) is 13.3. The van der Waals surface area contributed by atoms with Crippen molar-refractivity contribution in [2.75, 3.05) is 19.7 Å². The highest BCUT2D eigenvalue weighted by atomic mass is 16.5. The average molecular weight is 289 g/mol. The lowest BCUT2D eigenvalue weighted by Gasteiger charge is -2.31. The van der Waals surface area contributed by atoms with Crippen molar-refractivity contribution in [1.29, 1.82) is 0 Å². The molecule has 1 aliphatic heterocycles. The number of rotatable bonds is 4. The molecular formula is C17H27N3O. The molecule has 21 heavy (non-hydrogen) atoms. The number of aromatic nitrogens is 2. The Morgan fingerprint density at radius 3 is 3.05 bits per heavy atom. The predicted octanol–water partition coefficient (Wildman–Crippen LogP) is 2.74. The molecule has 1 aliphatic carbocycles. The Hall–Kier alpha value is -1.00. The summed E-state index contributed by atoms with van der Waals surface area (Å²) >= 11 is 0. The number of fused-ring (bicyclic) bond motifs is 1. The summed E-state index contributed by atoms with van der Waals surface area (Å²) in [6.45, 7) is 8.22. The maximum atomic E-state index is 6.14. The zero-order chi connectivity index (χ0) is 14.7. The Morgan fingerprint density at radius 2 is 2.19 bits per heavy atom. The molecule has 0 saturated heterocycles. The van der Waals surface area contributed by atoms with E-state index in [1.54, 1.807) is 0 Å². The second-order valence-corrected chi connectivity index (χ2v) is 6.59. The van der Waals surface area contributed by atoms with Crippen LogP contribution < -0.4 is 0 Å². The number of aryl methyl sites for hydroxylation is 1. The maximum Gasteiger partial charge on any atom is 0.125 e. The normalized spacial score (nSPS) is 26.6. The van der Waals surface area contributed by atoms with Gasteiger partial charge in [0, 0.05) is 25.8 Å². The highest BCUT2D eigenvalue weighted by Crippen LogP contribution is 2.26. The Labute approximate surface area is 127 Å². The second-order valence-electron chi connectivity index (χ2n) is 6.59. The summed E-state index contributed by atoms with van der Waals surface area (Å²) in [6.07, 6.45) is 8.84. The lowest BCUT2D eigenvalue weighted by molar-refractivity contribution is -0.0151. The molecule has 2 heterocycles. The number of ether oxygens (including phenoxy) is 1. The van der Waals surface area contributed by atoms with Crippen LogP contribution in [0.25, 0.3) is 0 Å². The molecule has 0 N–H and O–H groups in total. The van der Waals surface area contributed by atoms with Gasteiger partial charge in [-0.15, -0.1) is 0 Å². The van der Waals surface area contributed by atoms with Gasteiger partial charge in [0.25, 0.3) is 0 Å². The number of nitrogens with zero attached hydrogens (tertiary/aromatic N) is 3. The SMILES string of the molecule is Cc1ncc2c(n1)CN(CCOC1CCCCC1C)CC2. The van der Waals surface area contributed by atoms with E-state index in [0.29, 0.717) is 6.10 Å². The van der Waals surface area contributed by atoms with Crippen molar-refractivity contribution in [1.82, 2.24) is 14.9 Å². The van der Waals surface area contributed by atoms with Crippen molar-refractivity contribution in [3.05, 3.63) is 23.3 Å². The van der Waals surface area contributed by atoms with E-state index >= 15 is 0 Å². The molecule has 0 bridgehead atoms. The van der Waals surface area contributed by atoms with Crippen LogP contribution in [0.5, 0.6) is 0 Å². The minimum Gasteiger partial charge on any atom is -0.377 e. The minimum atomic E-state index is 0.486. The highest BCUT2D eigenvalue weighted by Gasteiger charge is 2.22. The van der Waals surface area contributed by atoms with Gasteiger partial charge in [-0.25, -0.2) is 9.97 Å². The topological polar surface area (TPSA) is 38.2 Å². The van der Waals surface area contributed by atoms with Crippen molar-refractivity contribution in [2.24, 2.45) is 5.92 Å². The third-order valence-corrected chi connectivity index (χ3v) is 4.92. The lowest BCUT2D eigenvalue weighted by Crippen LogP contribution is -2.36. The summed E-state index contributed by atoms with van der Waals surface area (Å²) in [6, 6.07) is 0. The van der Waals surface area contributed by atoms with Crippen molar-refractivity contribution in [2.45, 2.75) is 58.6 Å². The van der Waals surface area contributed by atoms with Crippen LogP contribution in [-0.4, -0.2) is 40.7 Å². The third kappa shape index (κ3) is 3.80. The van der Waals surface area contributed by atoms with Gasteiger partial charge in [-0.3, -0.25) is 4.90 Å². The molecule has 1 saturated carbocycles. The summed E-state index contributed by atoms with van der Waals surface area (Å²) in [5.74, 6) is 1.61. The van der Waals surface area contributed by atoms with E-state index in [1.165, 1.54) is 36.9 Å². The molecule has 0 spiro atoms. The molecule has 0 aromatic carbocycles. The Balaban J connectivity index is 1.46. The summed E-state index contributed by atoms with van der Waals surface area (Å²) in [5.41, 5.74) is 2.53. The van der Waals surface area contributed by atoms with Crippen LogP contribution in [0.3, 0.4) is 0 Å². The lowest BCUT2D eigenvalue weighted by atomic mass is 9.88. The van der Waals surface area contributed by atoms with Crippen molar-refractivity contribution < 1.29 is 4.74 Å². The van der Waals surface area contributed by atoms with E-state index in [1.807, 2.05) is 13.1 Å². The summed E-state index contributed by atoms with van der Waals surface area (Å²) in [7, 11) is 0. The number of hydrogen-bond donors (Lipinski definition) is 0. The first-order valence-corrected chi connectivity index (χ1v) is 8.38. The standard InChI is InChI=1S/C17H27N3O/c1-13-5-3-4-6-17(13)21-10-9-20-8-7-15-11-18-14(2)19-16(15)12-20/h11,13,17H,3-10,12H2,1-2H3. The van der Waals surface area contributed by atoms with Gasteiger partial charge in [0.15, 0.2) is 0 Å². The monoisotopic (exact) mass is 289 g/mol. The van der Waals surface area contributed by atoms with Gasteiger partial charge in [-0.2, -0.15) is 0 Å². The first-order chi connectivity index (χ1) is 10.2.